The lowest BCUT2D eigenvalue weighted by Crippen LogP contribution is -2.10. The molecule has 2 heteroatoms. The fourth-order valence-corrected chi connectivity index (χ4v) is 1.64. The van der Waals surface area contributed by atoms with E-state index in [0.717, 1.165) is 6.42 Å². The van der Waals surface area contributed by atoms with Crippen LogP contribution in [-0.2, 0) is 0 Å². The van der Waals surface area contributed by atoms with Crippen molar-refractivity contribution in [1.82, 2.24) is 5.32 Å². The molecule has 0 saturated carbocycles. The van der Waals surface area contributed by atoms with Crippen LogP contribution in [0.1, 0.15) is 6.42 Å². The molecule has 2 rings (SSSR count). The molecule has 0 amide bonds. The third kappa shape index (κ3) is 1.09. The molecule has 12 heavy (non-hydrogen) atoms. The minimum Gasteiger partial charge on any atom is -0.364 e. The third-order valence-corrected chi connectivity index (χ3v) is 2.25. The van der Waals surface area contributed by atoms with Crippen molar-refractivity contribution in [2.75, 3.05) is 7.05 Å². The van der Waals surface area contributed by atoms with Crippen LogP contribution in [0.15, 0.2) is 40.7 Å². The second-order valence-corrected chi connectivity index (χ2v) is 3.01. The van der Waals surface area contributed by atoms with Crippen LogP contribution in [0.25, 0.3) is 0 Å². The Bertz CT molecular complexity index is 295. The van der Waals surface area contributed by atoms with Gasteiger partial charge in [-0.05, 0) is 18.1 Å². The van der Waals surface area contributed by atoms with Gasteiger partial charge in [0.05, 0.1) is 0 Å². The molecule has 0 fully saturated rings. The van der Waals surface area contributed by atoms with Gasteiger partial charge in [-0.15, -0.1) is 0 Å². The lowest BCUT2D eigenvalue weighted by molar-refractivity contribution is 0.742. The van der Waals surface area contributed by atoms with Crippen LogP contribution in [0.2, 0.25) is 0 Å². The molecule has 1 aliphatic carbocycles. The zero-order valence-electron chi connectivity index (χ0n) is 7.12. The summed E-state index contributed by atoms with van der Waals surface area (Å²) in [6.45, 7) is 0. The molecule has 0 aromatic carbocycles. The average molecular weight is 160 g/mol. The SMILES string of the molecule is CN=CC1=CNC2=CC=CCC12. The largest absolute Gasteiger partial charge is 0.364 e. The van der Waals surface area contributed by atoms with Crippen molar-refractivity contribution in [2.45, 2.75) is 6.42 Å². The Kier molecular flexibility index (Phi) is 1.82. The topological polar surface area (TPSA) is 24.4 Å². The van der Waals surface area contributed by atoms with Crippen molar-refractivity contribution in [3.05, 3.63) is 35.7 Å². The molecule has 0 radical (unpaired) electrons. The van der Waals surface area contributed by atoms with E-state index in [1.165, 1.54) is 11.3 Å². The van der Waals surface area contributed by atoms with Gasteiger partial charge in [-0.3, -0.25) is 4.99 Å². The van der Waals surface area contributed by atoms with E-state index in [4.69, 9.17) is 0 Å². The van der Waals surface area contributed by atoms with Crippen LogP contribution in [-0.4, -0.2) is 13.3 Å². The summed E-state index contributed by atoms with van der Waals surface area (Å²) in [7, 11) is 1.81. The van der Waals surface area contributed by atoms with Crippen LogP contribution < -0.4 is 5.32 Å². The molecular formula is C10H12N2. The highest BCUT2D eigenvalue weighted by Gasteiger charge is 2.22. The van der Waals surface area contributed by atoms with Crippen LogP contribution in [0.5, 0.6) is 0 Å². The fourth-order valence-electron chi connectivity index (χ4n) is 1.64. The molecule has 0 bridgehead atoms. The first-order chi connectivity index (χ1) is 5.92. The van der Waals surface area contributed by atoms with Gasteiger partial charge in [0.2, 0.25) is 0 Å². The van der Waals surface area contributed by atoms with Crippen molar-refractivity contribution in [3.63, 3.8) is 0 Å². The van der Waals surface area contributed by atoms with Gasteiger partial charge in [0.1, 0.15) is 0 Å². The van der Waals surface area contributed by atoms with Crippen molar-refractivity contribution in [3.8, 4) is 0 Å². The summed E-state index contributed by atoms with van der Waals surface area (Å²) in [5, 5.41) is 3.25. The summed E-state index contributed by atoms with van der Waals surface area (Å²) in [5.74, 6) is 0.527. The molecule has 1 aliphatic heterocycles. The molecule has 1 unspecified atom stereocenters. The zero-order chi connectivity index (χ0) is 8.39. The van der Waals surface area contributed by atoms with Gasteiger partial charge in [-0.2, -0.15) is 0 Å². The minimum absolute atomic E-state index is 0.527. The molecule has 0 aromatic rings. The monoisotopic (exact) mass is 160 g/mol. The standard InChI is InChI=1S/C10H12N2/c1-11-6-8-7-12-10-5-3-2-4-9(8)10/h2-3,5-7,9,12H,4H2,1H3. The Hall–Kier alpha value is -1.31. The first-order valence-corrected chi connectivity index (χ1v) is 4.17. The molecule has 1 N–H and O–H groups in total. The van der Waals surface area contributed by atoms with Crippen LogP contribution in [0.3, 0.4) is 0 Å². The van der Waals surface area contributed by atoms with Crippen molar-refractivity contribution >= 4 is 6.21 Å². The van der Waals surface area contributed by atoms with Gasteiger partial charge in [0.15, 0.2) is 0 Å². The van der Waals surface area contributed by atoms with E-state index in [0.29, 0.717) is 5.92 Å². The predicted octanol–water partition coefficient (Wildman–Crippen LogP) is 1.63. The molecule has 2 aliphatic rings. The number of allylic oxidation sites excluding steroid dienone is 4. The quantitative estimate of drug-likeness (QED) is 0.579. The number of rotatable bonds is 1. The molecule has 0 saturated heterocycles. The molecule has 1 atom stereocenters. The van der Waals surface area contributed by atoms with Gasteiger partial charge in [-0.25, -0.2) is 0 Å². The maximum atomic E-state index is 4.02. The second kappa shape index (κ2) is 2.97. The van der Waals surface area contributed by atoms with Crippen LogP contribution in [0, 0.1) is 5.92 Å². The lowest BCUT2D eigenvalue weighted by atomic mass is 9.93. The fraction of sp³-hybridized carbons (Fsp3) is 0.300. The van der Waals surface area contributed by atoms with E-state index in [-0.39, 0.29) is 0 Å². The second-order valence-electron chi connectivity index (χ2n) is 3.01. The summed E-state index contributed by atoms with van der Waals surface area (Å²) in [5.41, 5.74) is 2.58. The normalized spacial score (nSPS) is 26.6. The molecule has 62 valence electrons. The smallest absolute Gasteiger partial charge is 0.0304 e. The van der Waals surface area contributed by atoms with Crippen molar-refractivity contribution in [1.29, 1.82) is 0 Å². The predicted molar refractivity (Wildman–Crippen MR) is 51.0 cm³/mol. The molecule has 0 spiro atoms. The Morgan fingerprint density at radius 2 is 2.58 bits per heavy atom. The molecule has 1 heterocycles. The van der Waals surface area contributed by atoms with Crippen LogP contribution >= 0.6 is 0 Å². The molecule has 2 nitrogen and oxygen atoms in total. The maximum Gasteiger partial charge on any atom is 0.0304 e. The Labute approximate surface area is 72.4 Å². The number of nitrogens with one attached hydrogen (secondary N) is 1. The summed E-state index contributed by atoms with van der Waals surface area (Å²) < 4.78 is 0. The van der Waals surface area contributed by atoms with Gasteiger partial charge >= 0.3 is 0 Å². The van der Waals surface area contributed by atoms with Gasteiger partial charge in [0.25, 0.3) is 0 Å². The number of hydrogen-bond acceptors (Lipinski definition) is 2. The summed E-state index contributed by atoms with van der Waals surface area (Å²) >= 11 is 0. The molecule has 0 aromatic heterocycles. The lowest BCUT2D eigenvalue weighted by Gasteiger charge is -2.13. The highest BCUT2D eigenvalue weighted by Crippen LogP contribution is 2.29. The first-order valence-electron chi connectivity index (χ1n) is 4.17. The molecular weight excluding hydrogens is 148 g/mol. The van der Waals surface area contributed by atoms with Gasteiger partial charge in [0, 0.05) is 31.1 Å². The van der Waals surface area contributed by atoms with Crippen molar-refractivity contribution in [2.24, 2.45) is 10.9 Å². The summed E-state index contributed by atoms with van der Waals surface area (Å²) in [4.78, 5) is 4.02. The summed E-state index contributed by atoms with van der Waals surface area (Å²) in [6.07, 6.45) is 11.5. The Morgan fingerprint density at radius 1 is 1.67 bits per heavy atom. The number of aliphatic imine (C=N–C) groups is 1. The van der Waals surface area contributed by atoms with Gasteiger partial charge < -0.3 is 5.32 Å². The Balaban J connectivity index is 2.22. The number of fused-ring (bicyclic) bond motifs is 1. The highest BCUT2D eigenvalue weighted by molar-refractivity contribution is 5.81. The third-order valence-electron chi connectivity index (χ3n) is 2.25. The van der Waals surface area contributed by atoms with E-state index in [1.807, 2.05) is 12.4 Å². The number of hydrogen-bond donors (Lipinski definition) is 1. The zero-order valence-corrected chi connectivity index (χ0v) is 7.12. The highest BCUT2D eigenvalue weighted by atomic mass is 14.9. The maximum absolute atomic E-state index is 4.02. The summed E-state index contributed by atoms with van der Waals surface area (Å²) in [6, 6.07) is 0. The average Bonchev–Trinajstić information content (AvgIpc) is 2.50. The number of nitrogens with zero attached hydrogens (tertiary/aromatic N) is 1. The van der Waals surface area contributed by atoms with E-state index in [2.05, 4.69) is 28.5 Å². The van der Waals surface area contributed by atoms with E-state index in [9.17, 15) is 0 Å². The first kappa shape index (κ1) is 7.35. The van der Waals surface area contributed by atoms with Crippen LogP contribution in [0.4, 0.5) is 0 Å². The minimum atomic E-state index is 0.527. The van der Waals surface area contributed by atoms with Gasteiger partial charge in [-0.1, -0.05) is 12.2 Å². The Morgan fingerprint density at radius 3 is 3.42 bits per heavy atom. The van der Waals surface area contributed by atoms with E-state index in [1.54, 1.807) is 7.05 Å². The van der Waals surface area contributed by atoms with E-state index >= 15 is 0 Å². The van der Waals surface area contributed by atoms with E-state index < -0.39 is 0 Å². The van der Waals surface area contributed by atoms with Crippen molar-refractivity contribution < 1.29 is 0 Å².